The molecule has 7 heteroatoms. The molecule has 1 aromatic carbocycles. The van der Waals surface area contributed by atoms with Crippen LogP contribution in [0.25, 0.3) is 0 Å². The van der Waals surface area contributed by atoms with Crippen molar-refractivity contribution in [1.29, 1.82) is 0 Å². The molecule has 0 aliphatic rings. The molecule has 1 heterocycles. The van der Waals surface area contributed by atoms with Gasteiger partial charge in [0.2, 0.25) is 0 Å². The van der Waals surface area contributed by atoms with Crippen LogP contribution in [0.5, 0.6) is 5.75 Å². The Kier molecular flexibility index (Phi) is 6.14. The quantitative estimate of drug-likeness (QED) is 0.810. The first kappa shape index (κ1) is 17.7. The Bertz CT molecular complexity index is 722. The van der Waals surface area contributed by atoms with Gasteiger partial charge in [-0.25, -0.2) is 4.79 Å². The number of halogens is 1. The van der Waals surface area contributed by atoms with Crippen LogP contribution in [0.4, 0.5) is 5.69 Å². The van der Waals surface area contributed by atoms with Crippen LogP contribution < -0.4 is 10.1 Å². The molecule has 0 radical (unpaired) electrons. The first-order valence-electron chi connectivity index (χ1n) is 7.30. The van der Waals surface area contributed by atoms with E-state index in [1.807, 2.05) is 0 Å². The molecule has 0 spiro atoms. The smallest absolute Gasteiger partial charge is 0.339 e. The zero-order valence-corrected chi connectivity index (χ0v) is 14.0. The zero-order valence-electron chi connectivity index (χ0n) is 13.3. The highest BCUT2D eigenvalue weighted by Gasteiger charge is 2.23. The molecule has 1 aromatic heterocycles. The molecular weight excluding hydrogens is 332 g/mol. The number of ether oxygens (including phenoxy) is 2. The molecule has 1 N–H and O–H groups in total. The zero-order chi connectivity index (χ0) is 17.5. The van der Waals surface area contributed by atoms with Gasteiger partial charge in [-0.1, -0.05) is 18.5 Å². The second-order valence-electron chi connectivity index (χ2n) is 4.87. The summed E-state index contributed by atoms with van der Waals surface area (Å²) in [6.07, 6.45) is 2.35. The van der Waals surface area contributed by atoms with Crippen LogP contribution in [0.3, 0.4) is 0 Å². The van der Waals surface area contributed by atoms with Gasteiger partial charge >= 0.3 is 5.97 Å². The minimum Gasteiger partial charge on any atom is -0.495 e. The maximum Gasteiger partial charge on any atom is 0.339 e. The van der Waals surface area contributed by atoms with Crippen LogP contribution in [0.15, 0.2) is 42.7 Å². The van der Waals surface area contributed by atoms with Crippen molar-refractivity contribution < 1.29 is 19.1 Å². The van der Waals surface area contributed by atoms with E-state index >= 15 is 0 Å². The number of nitrogens with one attached hydrogen (secondary N) is 1. The molecule has 6 nitrogen and oxygen atoms in total. The summed E-state index contributed by atoms with van der Waals surface area (Å²) in [5.41, 5.74) is 0.741. The SMILES string of the molecule is CCC(OC(=O)c1ccncc1)C(=O)Nc1cc(Cl)ccc1OC. The summed E-state index contributed by atoms with van der Waals surface area (Å²) in [5, 5.41) is 3.12. The van der Waals surface area contributed by atoms with E-state index in [2.05, 4.69) is 10.3 Å². The number of amides is 1. The summed E-state index contributed by atoms with van der Waals surface area (Å²) in [6, 6.07) is 7.90. The molecule has 0 saturated carbocycles. The molecule has 0 aliphatic carbocycles. The van der Waals surface area contributed by atoms with Crippen molar-refractivity contribution in [2.75, 3.05) is 12.4 Å². The number of hydrogen-bond donors (Lipinski definition) is 1. The van der Waals surface area contributed by atoms with Gasteiger partial charge in [0.25, 0.3) is 5.91 Å². The Morgan fingerprint density at radius 2 is 1.96 bits per heavy atom. The minimum absolute atomic E-state index is 0.325. The fourth-order valence-electron chi connectivity index (χ4n) is 2.00. The minimum atomic E-state index is -0.936. The van der Waals surface area contributed by atoms with Crippen molar-refractivity contribution in [3.05, 3.63) is 53.3 Å². The van der Waals surface area contributed by atoms with Gasteiger partial charge in [-0.3, -0.25) is 9.78 Å². The second kappa shape index (κ2) is 8.31. The Morgan fingerprint density at radius 3 is 2.58 bits per heavy atom. The molecule has 0 aliphatic heterocycles. The number of pyridine rings is 1. The molecule has 24 heavy (non-hydrogen) atoms. The normalized spacial score (nSPS) is 11.5. The third-order valence-corrected chi connectivity index (χ3v) is 3.48. The van der Waals surface area contributed by atoms with Crippen LogP contribution in [-0.2, 0) is 9.53 Å². The van der Waals surface area contributed by atoms with Gasteiger partial charge in [-0.05, 0) is 36.8 Å². The third-order valence-electron chi connectivity index (χ3n) is 3.25. The Balaban J connectivity index is 2.09. The highest BCUT2D eigenvalue weighted by molar-refractivity contribution is 6.31. The summed E-state index contributed by atoms with van der Waals surface area (Å²) < 4.78 is 10.4. The van der Waals surface area contributed by atoms with E-state index in [4.69, 9.17) is 21.1 Å². The summed E-state index contributed by atoms with van der Waals surface area (Å²) in [4.78, 5) is 28.3. The van der Waals surface area contributed by atoms with E-state index in [0.717, 1.165) is 0 Å². The van der Waals surface area contributed by atoms with Gasteiger partial charge in [-0.2, -0.15) is 0 Å². The molecule has 1 amide bonds. The lowest BCUT2D eigenvalue weighted by atomic mass is 10.2. The monoisotopic (exact) mass is 348 g/mol. The highest BCUT2D eigenvalue weighted by atomic mass is 35.5. The third kappa shape index (κ3) is 4.45. The summed E-state index contributed by atoms with van der Waals surface area (Å²) in [7, 11) is 1.49. The van der Waals surface area contributed by atoms with Gasteiger partial charge in [0.1, 0.15) is 5.75 Å². The Hall–Kier alpha value is -2.60. The number of methoxy groups -OCH3 is 1. The predicted octanol–water partition coefficient (Wildman–Crippen LogP) is 3.32. The maximum absolute atomic E-state index is 12.4. The highest BCUT2D eigenvalue weighted by Crippen LogP contribution is 2.28. The van der Waals surface area contributed by atoms with Crippen LogP contribution in [-0.4, -0.2) is 30.1 Å². The maximum atomic E-state index is 12.4. The summed E-state index contributed by atoms with van der Waals surface area (Å²) >= 11 is 5.94. The Labute approximate surface area is 144 Å². The molecule has 2 aromatic rings. The summed E-state index contributed by atoms with van der Waals surface area (Å²) in [6.45, 7) is 1.75. The lowest BCUT2D eigenvalue weighted by molar-refractivity contribution is -0.124. The van der Waals surface area contributed by atoms with E-state index in [-0.39, 0.29) is 0 Å². The van der Waals surface area contributed by atoms with Crippen molar-refractivity contribution >= 4 is 29.2 Å². The number of rotatable bonds is 6. The number of aromatic nitrogens is 1. The van der Waals surface area contributed by atoms with Gasteiger partial charge in [0, 0.05) is 17.4 Å². The lowest BCUT2D eigenvalue weighted by Crippen LogP contribution is -2.32. The van der Waals surface area contributed by atoms with Crippen LogP contribution >= 0.6 is 11.6 Å². The largest absolute Gasteiger partial charge is 0.495 e. The first-order valence-corrected chi connectivity index (χ1v) is 7.68. The van der Waals surface area contributed by atoms with Crippen molar-refractivity contribution in [1.82, 2.24) is 4.98 Å². The van der Waals surface area contributed by atoms with E-state index in [0.29, 0.717) is 28.4 Å². The number of nitrogens with zero attached hydrogens (tertiary/aromatic N) is 1. The molecule has 0 saturated heterocycles. The van der Waals surface area contributed by atoms with Gasteiger partial charge < -0.3 is 14.8 Å². The fraction of sp³-hybridized carbons (Fsp3) is 0.235. The Morgan fingerprint density at radius 1 is 1.25 bits per heavy atom. The molecule has 0 fully saturated rings. The first-order chi connectivity index (χ1) is 11.5. The average Bonchev–Trinajstić information content (AvgIpc) is 2.60. The number of carbonyl (C=O) groups excluding carboxylic acids is 2. The van der Waals surface area contributed by atoms with E-state index in [9.17, 15) is 9.59 Å². The van der Waals surface area contributed by atoms with Crippen molar-refractivity contribution in [3.63, 3.8) is 0 Å². The van der Waals surface area contributed by atoms with Crippen molar-refractivity contribution in [3.8, 4) is 5.75 Å². The lowest BCUT2D eigenvalue weighted by Gasteiger charge is -2.17. The predicted molar refractivity (Wildman–Crippen MR) is 90.4 cm³/mol. The van der Waals surface area contributed by atoms with Gasteiger partial charge in [0.05, 0.1) is 18.4 Å². The average molecular weight is 349 g/mol. The molecule has 0 bridgehead atoms. The summed E-state index contributed by atoms with van der Waals surface area (Å²) in [5.74, 6) is -0.582. The van der Waals surface area contributed by atoms with Crippen LogP contribution in [0, 0.1) is 0 Å². The number of anilines is 1. The number of carbonyl (C=O) groups is 2. The molecule has 126 valence electrons. The van der Waals surface area contributed by atoms with E-state index < -0.39 is 18.0 Å². The van der Waals surface area contributed by atoms with Crippen molar-refractivity contribution in [2.24, 2.45) is 0 Å². The molecule has 1 unspecified atom stereocenters. The number of benzene rings is 1. The molecular formula is C17H17ClN2O4. The number of hydrogen-bond acceptors (Lipinski definition) is 5. The van der Waals surface area contributed by atoms with Gasteiger partial charge in [-0.15, -0.1) is 0 Å². The van der Waals surface area contributed by atoms with E-state index in [1.165, 1.54) is 31.6 Å². The van der Waals surface area contributed by atoms with E-state index in [1.54, 1.807) is 25.1 Å². The van der Waals surface area contributed by atoms with Crippen LogP contribution in [0.2, 0.25) is 5.02 Å². The van der Waals surface area contributed by atoms with Gasteiger partial charge in [0.15, 0.2) is 6.10 Å². The van der Waals surface area contributed by atoms with Crippen molar-refractivity contribution in [2.45, 2.75) is 19.4 Å². The standard InChI is InChI=1S/C17H17ClN2O4/c1-3-14(24-17(22)11-6-8-19-9-7-11)16(21)20-13-10-12(18)4-5-15(13)23-2/h4-10,14H,3H2,1-2H3,(H,20,21). The molecule has 2 rings (SSSR count). The second-order valence-corrected chi connectivity index (χ2v) is 5.31. The fourth-order valence-corrected chi connectivity index (χ4v) is 2.17. The van der Waals surface area contributed by atoms with Crippen LogP contribution in [0.1, 0.15) is 23.7 Å². The number of esters is 1. The topological polar surface area (TPSA) is 77.5 Å². The molecule has 1 atom stereocenters.